The Hall–Kier alpha value is -3.48. The molecule has 27 heavy (non-hydrogen) atoms. The predicted octanol–water partition coefficient (Wildman–Crippen LogP) is 3.45. The van der Waals surface area contributed by atoms with Crippen LogP contribution in [0.15, 0.2) is 48.8 Å². The fourth-order valence-corrected chi connectivity index (χ4v) is 3.25. The molecule has 2 aromatic heterocycles. The standard InChI is InChI=1S/C20H20N4O3/c1-23-8-7-13-9-15(5-6-16(13)23)24-17(12-21-22-24)14-10-18(25-2)20(27-4)19(11-14)26-3/h5-12H,1-4H3. The van der Waals surface area contributed by atoms with Gasteiger partial charge in [0.05, 0.1) is 38.9 Å². The molecule has 138 valence electrons. The second-order valence-corrected chi connectivity index (χ2v) is 6.11. The highest BCUT2D eigenvalue weighted by Crippen LogP contribution is 2.41. The highest BCUT2D eigenvalue weighted by atomic mass is 16.5. The lowest BCUT2D eigenvalue weighted by Crippen LogP contribution is -2.01. The summed E-state index contributed by atoms with van der Waals surface area (Å²) in [5.74, 6) is 1.71. The monoisotopic (exact) mass is 364 g/mol. The summed E-state index contributed by atoms with van der Waals surface area (Å²) in [5, 5.41) is 9.53. The summed E-state index contributed by atoms with van der Waals surface area (Å²) in [7, 11) is 6.81. The molecule has 0 fully saturated rings. The van der Waals surface area contributed by atoms with Gasteiger partial charge in [-0.2, -0.15) is 0 Å². The molecular weight excluding hydrogens is 344 g/mol. The minimum atomic E-state index is 0.550. The van der Waals surface area contributed by atoms with Gasteiger partial charge < -0.3 is 18.8 Å². The third-order valence-corrected chi connectivity index (χ3v) is 4.62. The normalized spacial score (nSPS) is 11.0. The number of hydrogen-bond acceptors (Lipinski definition) is 5. The van der Waals surface area contributed by atoms with E-state index >= 15 is 0 Å². The number of aryl methyl sites for hydroxylation is 1. The maximum atomic E-state index is 5.47. The van der Waals surface area contributed by atoms with E-state index in [9.17, 15) is 0 Å². The average molecular weight is 364 g/mol. The Balaban J connectivity index is 1.86. The van der Waals surface area contributed by atoms with Crippen molar-refractivity contribution in [1.29, 1.82) is 0 Å². The minimum Gasteiger partial charge on any atom is -0.493 e. The number of ether oxygens (including phenoxy) is 3. The van der Waals surface area contributed by atoms with E-state index in [1.807, 2.05) is 31.4 Å². The molecule has 4 rings (SSSR count). The molecule has 0 aliphatic heterocycles. The Morgan fingerprint density at radius 1 is 0.889 bits per heavy atom. The summed E-state index contributed by atoms with van der Waals surface area (Å²) in [6.07, 6.45) is 3.76. The molecule has 0 saturated heterocycles. The van der Waals surface area contributed by atoms with Crippen LogP contribution in [0.5, 0.6) is 17.2 Å². The molecule has 2 heterocycles. The number of nitrogens with zero attached hydrogens (tertiary/aromatic N) is 4. The highest BCUT2D eigenvalue weighted by Gasteiger charge is 2.17. The number of hydrogen-bond donors (Lipinski definition) is 0. The first-order valence-electron chi connectivity index (χ1n) is 8.42. The number of rotatable bonds is 5. The molecule has 0 aliphatic rings. The van der Waals surface area contributed by atoms with Gasteiger partial charge in [-0.1, -0.05) is 5.21 Å². The molecule has 0 N–H and O–H groups in total. The number of fused-ring (bicyclic) bond motifs is 1. The van der Waals surface area contributed by atoms with Crippen LogP contribution in [0.1, 0.15) is 0 Å². The molecule has 0 aliphatic carbocycles. The van der Waals surface area contributed by atoms with Crippen molar-refractivity contribution in [2.24, 2.45) is 7.05 Å². The molecule has 0 radical (unpaired) electrons. The Morgan fingerprint density at radius 3 is 2.30 bits per heavy atom. The Labute approximate surface area is 156 Å². The van der Waals surface area contributed by atoms with Gasteiger partial charge in [0.1, 0.15) is 0 Å². The van der Waals surface area contributed by atoms with Crippen LogP contribution in [0.25, 0.3) is 27.8 Å². The maximum absolute atomic E-state index is 5.47. The summed E-state index contributed by atoms with van der Waals surface area (Å²) < 4.78 is 20.2. The Kier molecular flexibility index (Phi) is 4.19. The number of methoxy groups -OCH3 is 3. The third kappa shape index (κ3) is 2.77. The highest BCUT2D eigenvalue weighted by molar-refractivity contribution is 5.82. The largest absolute Gasteiger partial charge is 0.493 e. The van der Waals surface area contributed by atoms with Gasteiger partial charge in [-0.15, -0.1) is 5.10 Å². The van der Waals surface area contributed by atoms with Crippen LogP contribution in [0.3, 0.4) is 0 Å². The summed E-state index contributed by atoms with van der Waals surface area (Å²) >= 11 is 0. The topological polar surface area (TPSA) is 63.3 Å². The van der Waals surface area contributed by atoms with E-state index < -0.39 is 0 Å². The molecule has 0 amide bonds. The lowest BCUT2D eigenvalue weighted by molar-refractivity contribution is 0.324. The second-order valence-electron chi connectivity index (χ2n) is 6.11. The van der Waals surface area contributed by atoms with Gasteiger partial charge in [0.15, 0.2) is 11.5 Å². The molecule has 7 nitrogen and oxygen atoms in total. The van der Waals surface area contributed by atoms with E-state index in [2.05, 4.69) is 33.1 Å². The van der Waals surface area contributed by atoms with Gasteiger partial charge in [0.25, 0.3) is 0 Å². The van der Waals surface area contributed by atoms with Crippen LogP contribution in [0.2, 0.25) is 0 Å². The maximum Gasteiger partial charge on any atom is 0.203 e. The van der Waals surface area contributed by atoms with Crippen molar-refractivity contribution in [3.05, 3.63) is 48.8 Å². The van der Waals surface area contributed by atoms with Crippen LogP contribution in [-0.2, 0) is 7.05 Å². The molecule has 7 heteroatoms. The van der Waals surface area contributed by atoms with Crippen molar-refractivity contribution >= 4 is 10.9 Å². The lowest BCUT2D eigenvalue weighted by atomic mass is 10.1. The summed E-state index contributed by atoms with van der Waals surface area (Å²) in [6.45, 7) is 0. The molecule has 0 unspecified atom stereocenters. The van der Waals surface area contributed by atoms with Crippen LogP contribution in [0.4, 0.5) is 0 Å². The smallest absolute Gasteiger partial charge is 0.203 e. The van der Waals surface area contributed by atoms with E-state index in [0.717, 1.165) is 27.8 Å². The zero-order valence-corrected chi connectivity index (χ0v) is 15.6. The van der Waals surface area contributed by atoms with Gasteiger partial charge in [0.2, 0.25) is 5.75 Å². The summed E-state index contributed by atoms with van der Waals surface area (Å²) in [4.78, 5) is 0. The first-order valence-corrected chi connectivity index (χ1v) is 8.42. The molecule has 4 aromatic rings. The number of benzene rings is 2. The summed E-state index contributed by atoms with van der Waals surface area (Å²) in [6, 6.07) is 12.0. The molecule has 0 bridgehead atoms. The van der Waals surface area contributed by atoms with E-state index in [-0.39, 0.29) is 0 Å². The van der Waals surface area contributed by atoms with E-state index in [0.29, 0.717) is 17.2 Å². The van der Waals surface area contributed by atoms with Crippen molar-refractivity contribution in [2.45, 2.75) is 0 Å². The quantitative estimate of drug-likeness (QED) is 0.543. The van der Waals surface area contributed by atoms with Gasteiger partial charge in [0, 0.05) is 29.7 Å². The van der Waals surface area contributed by atoms with E-state index in [1.165, 1.54) is 0 Å². The molecule has 2 aromatic carbocycles. The van der Waals surface area contributed by atoms with Crippen LogP contribution < -0.4 is 14.2 Å². The zero-order valence-electron chi connectivity index (χ0n) is 15.6. The third-order valence-electron chi connectivity index (χ3n) is 4.62. The van der Waals surface area contributed by atoms with Crippen molar-refractivity contribution in [2.75, 3.05) is 21.3 Å². The van der Waals surface area contributed by atoms with E-state index in [1.54, 1.807) is 32.2 Å². The zero-order chi connectivity index (χ0) is 19.0. The van der Waals surface area contributed by atoms with Gasteiger partial charge >= 0.3 is 0 Å². The van der Waals surface area contributed by atoms with Crippen LogP contribution in [0, 0.1) is 0 Å². The molecular formula is C20H20N4O3. The van der Waals surface area contributed by atoms with Gasteiger partial charge in [-0.05, 0) is 36.4 Å². The van der Waals surface area contributed by atoms with Crippen molar-refractivity contribution in [1.82, 2.24) is 19.6 Å². The average Bonchev–Trinajstić information content (AvgIpc) is 3.33. The van der Waals surface area contributed by atoms with Crippen molar-refractivity contribution in [3.8, 4) is 34.2 Å². The predicted molar refractivity (Wildman–Crippen MR) is 103 cm³/mol. The fourth-order valence-electron chi connectivity index (χ4n) is 3.25. The molecule has 0 saturated carbocycles. The first-order chi connectivity index (χ1) is 13.2. The van der Waals surface area contributed by atoms with Crippen molar-refractivity contribution in [3.63, 3.8) is 0 Å². The Morgan fingerprint density at radius 2 is 1.63 bits per heavy atom. The SMILES string of the molecule is COc1cc(-c2cnnn2-c2ccc3c(ccn3C)c2)cc(OC)c1OC. The van der Waals surface area contributed by atoms with Crippen LogP contribution >= 0.6 is 0 Å². The second kappa shape index (κ2) is 6.68. The number of aromatic nitrogens is 4. The minimum absolute atomic E-state index is 0.550. The van der Waals surface area contributed by atoms with Crippen LogP contribution in [-0.4, -0.2) is 40.9 Å². The van der Waals surface area contributed by atoms with E-state index in [4.69, 9.17) is 14.2 Å². The van der Waals surface area contributed by atoms with Gasteiger partial charge in [-0.25, -0.2) is 4.68 Å². The molecule has 0 atom stereocenters. The lowest BCUT2D eigenvalue weighted by Gasteiger charge is -2.14. The van der Waals surface area contributed by atoms with Crippen molar-refractivity contribution < 1.29 is 14.2 Å². The first kappa shape index (κ1) is 17.0. The fraction of sp³-hybridized carbons (Fsp3) is 0.200. The molecule has 0 spiro atoms. The van der Waals surface area contributed by atoms with Gasteiger partial charge in [-0.3, -0.25) is 0 Å². The Bertz CT molecular complexity index is 1090. The summed E-state index contributed by atoms with van der Waals surface area (Å²) in [5.41, 5.74) is 3.77.